The van der Waals surface area contributed by atoms with Gasteiger partial charge in [-0.15, -0.1) is 0 Å². The van der Waals surface area contributed by atoms with Crippen molar-refractivity contribution in [2.75, 3.05) is 20.2 Å². The van der Waals surface area contributed by atoms with Crippen molar-refractivity contribution in [1.82, 2.24) is 14.5 Å². The third-order valence-electron chi connectivity index (χ3n) is 5.81. The summed E-state index contributed by atoms with van der Waals surface area (Å²) in [5.74, 6) is -0.0717. The zero-order chi connectivity index (χ0) is 22.0. The predicted molar refractivity (Wildman–Crippen MR) is 111 cm³/mol. The van der Waals surface area contributed by atoms with E-state index in [1.807, 2.05) is 24.3 Å². The number of hydrogen-bond donors (Lipinski definition) is 0. The summed E-state index contributed by atoms with van der Waals surface area (Å²) in [5.41, 5.74) is 1.72. The number of hydrogen-bond acceptors (Lipinski definition) is 3. The molecule has 0 spiro atoms. The molecule has 31 heavy (non-hydrogen) atoms. The van der Waals surface area contributed by atoms with Gasteiger partial charge >= 0.3 is 6.18 Å². The van der Waals surface area contributed by atoms with Gasteiger partial charge in [0, 0.05) is 19.6 Å². The number of alkyl halides is 3. The molecule has 5 nitrogen and oxygen atoms in total. The van der Waals surface area contributed by atoms with Crippen LogP contribution >= 0.6 is 0 Å². The lowest BCUT2D eigenvalue weighted by atomic mass is 9.96. The van der Waals surface area contributed by atoms with Crippen LogP contribution in [0.2, 0.25) is 0 Å². The van der Waals surface area contributed by atoms with Crippen molar-refractivity contribution in [2.45, 2.75) is 32.0 Å². The molecule has 0 unspecified atom stereocenters. The zero-order valence-corrected chi connectivity index (χ0v) is 17.2. The van der Waals surface area contributed by atoms with Crippen LogP contribution in [0.5, 0.6) is 5.75 Å². The number of aromatic nitrogens is 2. The van der Waals surface area contributed by atoms with E-state index in [2.05, 4.69) is 4.98 Å². The average molecular weight is 431 g/mol. The molecule has 0 N–H and O–H groups in total. The summed E-state index contributed by atoms with van der Waals surface area (Å²) in [5, 5.41) is 0. The third kappa shape index (κ3) is 4.68. The second kappa shape index (κ2) is 8.61. The molecule has 0 bridgehead atoms. The summed E-state index contributed by atoms with van der Waals surface area (Å²) in [7, 11) is 1.58. The maximum atomic E-state index is 13.5. The predicted octanol–water partition coefficient (Wildman–Crippen LogP) is 4.55. The second-order valence-corrected chi connectivity index (χ2v) is 7.88. The molecule has 8 heteroatoms. The molecule has 2 heterocycles. The number of halogens is 3. The highest BCUT2D eigenvalue weighted by atomic mass is 19.4. The van der Waals surface area contributed by atoms with E-state index in [0.717, 1.165) is 5.56 Å². The highest BCUT2D eigenvalue weighted by Crippen LogP contribution is 2.33. The smallest absolute Gasteiger partial charge is 0.449 e. The Kier molecular flexibility index (Phi) is 5.89. The van der Waals surface area contributed by atoms with Crippen LogP contribution in [0.3, 0.4) is 0 Å². The lowest BCUT2D eigenvalue weighted by molar-refractivity contribution is -0.147. The first kappa shape index (κ1) is 21.2. The molecule has 164 valence electrons. The molecule has 1 aliphatic rings. The normalized spacial score (nSPS) is 15.4. The van der Waals surface area contributed by atoms with Gasteiger partial charge in [0.1, 0.15) is 5.75 Å². The topological polar surface area (TPSA) is 47.4 Å². The molecule has 0 radical (unpaired) electrons. The minimum absolute atomic E-state index is 0.0239. The van der Waals surface area contributed by atoms with E-state index in [1.54, 1.807) is 36.3 Å². The SMILES string of the molecule is COc1cccc(CC(=O)N2CCC(Cn3c(C(F)(F)F)nc4ccccc43)CC2)c1. The van der Waals surface area contributed by atoms with E-state index < -0.39 is 12.0 Å². The van der Waals surface area contributed by atoms with Crippen LogP contribution in [-0.2, 0) is 23.9 Å². The summed E-state index contributed by atoms with van der Waals surface area (Å²) >= 11 is 0. The maximum Gasteiger partial charge on any atom is 0.449 e. The molecule has 1 fully saturated rings. The van der Waals surface area contributed by atoms with Gasteiger partial charge in [-0.3, -0.25) is 4.79 Å². The highest BCUT2D eigenvalue weighted by Gasteiger charge is 2.38. The van der Waals surface area contributed by atoms with Crippen molar-refractivity contribution in [1.29, 1.82) is 0 Å². The van der Waals surface area contributed by atoms with Crippen LogP contribution in [0, 0.1) is 5.92 Å². The van der Waals surface area contributed by atoms with E-state index in [4.69, 9.17) is 4.74 Å². The largest absolute Gasteiger partial charge is 0.497 e. The van der Waals surface area contributed by atoms with Crippen molar-refractivity contribution in [2.24, 2.45) is 5.92 Å². The Bertz CT molecular complexity index is 1070. The van der Waals surface area contributed by atoms with Gasteiger partial charge in [-0.05, 0) is 48.6 Å². The molecule has 1 saturated heterocycles. The van der Waals surface area contributed by atoms with Gasteiger partial charge in [0.15, 0.2) is 0 Å². The highest BCUT2D eigenvalue weighted by molar-refractivity contribution is 5.79. The van der Waals surface area contributed by atoms with Gasteiger partial charge in [0.05, 0.1) is 24.6 Å². The fourth-order valence-electron chi connectivity index (χ4n) is 4.17. The number of piperidine rings is 1. The number of likely N-dealkylation sites (tertiary alicyclic amines) is 1. The van der Waals surface area contributed by atoms with Crippen molar-refractivity contribution in [3.63, 3.8) is 0 Å². The summed E-state index contributed by atoms with van der Waals surface area (Å²) in [6, 6.07) is 14.1. The lowest BCUT2D eigenvalue weighted by Gasteiger charge is -2.32. The number of ether oxygens (including phenoxy) is 1. The van der Waals surface area contributed by atoms with Crippen LogP contribution in [0.15, 0.2) is 48.5 Å². The van der Waals surface area contributed by atoms with Crippen molar-refractivity contribution in [3.8, 4) is 5.75 Å². The van der Waals surface area contributed by atoms with Crippen LogP contribution < -0.4 is 4.74 Å². The minimum atomic E-state index is -4.51. The van der Waals surface area contributed by atoms with E-state index in [1.165, 1.54) is 4.57 Å². The molecule has 0 aliphatic carbocycles. The van der Waals surface area contributed by atoms with Gasteiger partial charge in [-0.2, -0.15) is 13.2 Å². The van der Waals surface area contributed by atoms with E-state index in [9.17, 15) is 18.0 Å². The number of rotatable bonds is 5. The Labute approximate surface area is 178 Å². The number of carbonyl (C=O) groups is 1. The van der Waals surface area contributed by atoms with Crippen LogP contribution in [0.4, 0.5) is 13.2 Å². The Morgan fingerprint density at radius 3 is 2.58 bits per heavy atom. The third-order valence-corrected chi connectivity index (χ3v) is 5.81. The molecular weight excluding hydrogens is 407 g/mol. The zero-order valence-electron chi connectivity index (χ0n) is 17.2. The Hall–Kier alpha value is -3.03. The number of nitrogens with zero attached hydrogens (tertiary/aromatic N) is 3. The Morgan fingerprint density at radius 2 is 1.87 bits per heavy atom. The first-order valence-electron chi connectivity index (χ1n) is 10.3. The summed E-state index contributed by atoms with van der Waals surface area (Å²) in [6.07, 6.45) is -2.90. The monoisotopic (exact) mass is 431 g/mol. The fraction of sp³-hybridized carbons (Fsp3) is 0.391. The van der Waals surface area contributed by atoms with Crippen LogP contribution in [-0.4, -0.2) is 40.6 Å². The quantitative estimate of drug-likeness (QED) is 0.596. The van der Waals surface area contributed by atoms with Crippen LogP contribution in [0.25, 0.3) is 11.0 Å². The number of imidazole rings is 1. The number of methoxy groups -OCH3 is 1. The molecule has 4 rings (SSSR count). The molecule has 1 aliphatic heterocycles. The average Bonchev–Trinajstić information content (AvgIpc) is 3.13. The van der Waals surface area contributed by atoms with Gasteiger partial charge in [0.2, 0.25) is 11.7 Å². The first-order chi connectivity index (χ1) is 14.8. The second-order valence-electron chi connectivity index (χ2n) is 7.88. The lowest BCUT2D eigenvalue weighted by Crippen LogP contribution is -2.40. The number of fused-ring (bicyclic) bond motifs is 1. The van der Waals surface area contributed by atoms with Gasteiger partial charge in [-0.1, -0.05) is 24.3 Å². The molecule has 0 saturated carbocycles. The molecule has 2 aromatic carbocycles. The van der Waals surface area contributed by atoms with Crippen molar-refractivity contribution in [3.05, 3.63) is 59.9 Å². The Morgan fingerprint density at radius 1 is 1.13 bits per heavy atom. The number of carbonyl (C=O) groups excluding carboxylic acids is 1. The van der Waals surface area contributed by atoms with Gasteiger partial charge < -0.3 is 14.2 Å². The molecule has 3 aromatic rings. The number of para-hydroxylation sites is 2. The Balaban J connectivity index is 1.41. The minimum Gasteiger partial charge on any atom is -0.497 e. The standard InChI is InChI=1S/C23H24F3N3O2/c1-31-18-6-4-5-17(13-18)14-21(30)28-11-9-16(10-12-28)15-29-20-8-3-2-7-19(20)27-22(29)23(24,25)26/h2-8,13,16H,9-12,14-15H2,1H3. The maximum absolute atomic E-state index is 13.5. The molecule has 1 aromatic heterocycles. The van der Waals surface area contributed by atoms with E-state index in [-0.39, 0.29) is 24.8 Å². The van der Waals surface area contributed by atoms with Crippen molar-refractivity contribution >= 4 is 16.9 Å². The summed E-state index contributed by atoms with van der Waals surface area (Å²) < 4.78 is 47.1. The number of benzene rings is 2. The van der Waals surface area contributed by atoms with Gasteiger partial charge in [0.25, 0.3) is 0 Å². The van der Waals surface area contributed by atoms with E-state index >= 15 is 0 Å². The fourth-order valence-corrected chi connectivity index (χ4v) is 4.17. The first-order valence-corrected chi connectivity index (χ1v) is 10.3. The van der Waals surface area contributed by atoms with Gasteiger partial charge in [-0.25, -0.2) is 4.98 Å². The molecule has 0 atom stereocenters. The number of amides is 1. The van der Waals surface area contributed by atoms with E-state index in [0.29, 0.717) is 42.7 Å². The molecular formula is C23H24F3N3O2. The van der Waals surface area contributed by atoms with Crippen LogP contribution in [0.1, 0.15) is 24.2 Å². The molecule has 1 amide bonds. The van der Waals surface area contributed by atoms with Crippen molar-refractivity contribution < 1.29 is 22.7 Å². The summed E-state index contributed by atoms with van der Waals surface area (Å²) in [6.45, 7) is 1.33. The summed E-state index contributed by atoms with van der Waals surface area (Å²) in [4.78, 5) is 18.3.